The van der Waals surface area contributed by atoms with E-state index in [0.29, 0.717) is 33.7 Å². The van der Waals surface area contributed by atoms with Crippen molar-refractivity contribution in [3.05, 3.63) is 69.7 Å². The third kappa shape index (κ3) is 4.47. The lowest BCUT2D eigenvalue weighted by Gasteiger charge is -2.15. The van der Waals surface area contributed by atoms with E-state index in [1.54, 1.807) is 30.3 Å². The van der Waals surface area contributed by atoms with Crippen LogP contribution >= 0.6 is 27.5 Å². The van der Waals surface area contributed by atoms with Crippen LogP contribution in [0.3, 0.4) is 0 Å². The molecule has 0 aromatic heterocycles. The number of hydrogen-bond donors (Lipinski definition) is 1. The molecule has 1 N–H and O–H groups in total. The molecule has 0 unspecified atom stereocenters. The quantitative estimate of drug-likeness (QED) is 0.362. The first-order valence-electron chi connectivity index (χ1n) is 9.90. The third-order valence-electron chi connectivity index (χ3n) is 5.39. The number of esters is 1. The summed E-state index contributed by atoms with van der Waals surface area (Å²) in [5.74, 6) is -2.52. The van der Waals surface area contributed by atoms with Crippen LogP contribution in [-0.4, -0.2) is 30.3 Å². The maximum Gasteiger partial charge on any atom is 0.338 e. The first kappa shape index (κ1) is 22.2. The van der Waals surface area contributed by atoms with Gasteiger partial charge in [0, 0.05) is 10.2 Å². The average Bonchev–Trinajstić information content (AvgIpc) is 3.05. The molecule has 164 valence electrons. The Morgan fingerprint density at radius 1 is 1.06 bits per heavy atom. The maximum absolute atomic E-state index is 12.8. The predicted molar refractivity (Wildman–Crippen MR) is 122 cm³/mol. The zero-order valence-corrected chi connectivity index (χ0v) is 19.1. The van der Waals surface area contributed by atoms with Gasteiger partial charge in [0.25, 0.3) is 5.91 Å². The monoisotopic (exact) mass is 516 g/mol. The molecule has 0 saturated carbocycles. The molecule has 1 saturated heterocycles. The minimum absolute atomic E-state index is 0.135. The first-order valence-corrected chi connectivity index (χ1v) is 11.1. The predicted octanol–water partition coefficient (Wildman–Crippen LogP) is 4.35. The van der Waals surface area contributed by atoms with E-state index in [1.807, 2.05) is 12.2 Å². The molecular weight excluding hydrogens is 500 g/mol. The molecule has 3 amide bonds. The highest BCUT2D eigenvalue weighted by atomic mass is 79.9. The zero-order valence-electron chi connectivity index (χ0n) is 16.7. The Morgan fingerprint density at radius 2 is 1.75 bits per heavy atom. The number of fused-ring (bicyclic) bond motifs is 1. The zero-order chi connectivity index (χ0) is 22.8. The van der Waals surface area contributed by atoms with Crippen LogP contribution in [0.5, 0.6) is 0 Å². The van der Waals surface area contributed by atoms with E-state index in [1.165, 1.54) is 12.1 Å². The molecule has 2 atom stereocenters. The Bertz CT molecular complexity index is 1120. The molecule has 2 aromatic rings. The molecule has 4 rings (SSSR count). The van der Waals surface area contributed by atoms with Gasteiger partial charge in [-0.05, 0) is 65.2 Å². The number of rotatable bonds is 5. The highest BCUT2D eigenvalue weighted by Gasteiger charge is 2.47. The van der Waals surface area contributed by atoms with Gasteiger partial charge in [-0.25, -0.2) is 4.79 Å². The van der Waals surface area contributed by atoms with Gasteiger partial charge in [-0.15, -0.1) is 0 Å². The molecule has 0 radical (unpaired) electrons. The van der Waals surface area contributed by atoms with Crippen LogP contribution in [0.4, 0.5) is 11.4 Å². The number of nitrogens with zero attached hydrogens (tertiary/aromatic N) is 1. The average molecular weight is 518 g/mol. The number of carbonyl (C=O) groups is 4. The van der Waals surface area contributed by atoms with Gasteiger partial charge in [-0.1, -0.05) is 29.8 Å². The SMILES string of the molecule is O=C(COC(=O)c1cccc(N2C(=O)[C@H]3CC=CC[C@@H]3C2=O)c1)Nc1ccc(Br)c(Cl)c1. The number of hydrogen-bond acceptors (Lipinski definition) is 5. The van der Waals surface area contributed by atoms with Gasteiger partial charge in [0.15, 0.2) is 6.61 Å². The summed E-state index contributed by atoms with van der Waals surface area (Å²) in [7, 11) is 0. The highest BCUT2D eigenvalue weighted by molar-refractivity contribution is 9.10. The Hall–Kier alpha value is -2.97. The maximum atomic E-state index is 12.8. The molecule has 1 heterocycles. The van der Waals surface area contributed by atoms with Crippen LogP contribution in [0.2, 0.25) is 5.02 Å². The van der Waals surface area contributed by atoms with Gasteiger partial charge in [-0.3, -0.25) is 19.3 Å². The number of carbonyl (C=O) groups excluding carboxylic acids is 4. The van der Waals surface area contributed by atoms with E-state index in [4.69, 9.17) is 16.3 Å². The van der Waals surface area contributed by atoms with Crippen molar-refractivity contribution in [3.8, 4) is 0 Å². The molecule has 2 aromatic carbocycles. The Labute approximate surface area is 197 Å². The fraction of sp³-hybridized carbons (Fsp3) is 0.217. The van der Waals surface area contributed by atoms with Crippen molar-refractivity contribution in [2.75, 3.05) is 16.8 Å². The Balaban J connectivity index is 1.40. The van der Waals surface area contributed by atoms with Gasteiger partial charge in [0.1, 0.15) is 0 Å². The molecule has 1 fully saturated rings. The summed E-state index contributed by atoms with van der Waals surface area (Å²) in [5, 5.41) is 3.02. The Kier molecular flexibility index (Phi) is 6.43. The van der Waals surface area contributed by atoms with Crippen molar-refractivity contribution in [3.63, 3.8) is 0 Å². The molecule has 1 aliphatic heterocycles. The summed E-state index contributed by atoms with van der Waals surface area (Å²) in [6.45, 7) is -0.506. The van der Waals surface area contributed by atoms with E-state index < -0.39 is 18.5 Å². The van der Waals surface area contributed by atoms with E-state index >= 15 is 0 Å². The number of imide groups is 1. The van der Waals surface area contributed by atoms with Crippen molar-refractivity contribution in [1.82, 2.24) is 0 Å². The van der Waals surface area contributed by atoms with Gasteiger partial charge in [0.05, 0.1) is 28.1 Å². The smallest absolute Gasteiger partial charge is 0.338 e. The van der Waals surface area contributed by atoms with Crippen molar-refractivity contribution >= 4 is 62.6 Å². The number of nitrogens with one attached hydrogen (secondary N) is 1. The summed E-state index contributed by atoms with van der Waals surface area (Å²) in [4.78, 5) is 51.2. The molecular formula is C23H18BrClN2O5. The second-order valence-electron chi connectivity index (χ2n) is 7.47. The molecule has 9 heteroatoms. The van der Waals surface area contributed by atoms with Crippen molar-refractivity contribution in [2.45, 2.75) is 12.8 Å². The Morgan fingerprint density at radius 3 is 2.41 bits per heavy atom. The summed E-state index contributed by atoms with van der Waals surface area (Å²) >= 11 is 9.26. The topological polar surface area (TPSA) is 92.8 Å². The molecule has 0 bridgehead atoms. The van der Waals surface area contributed by atoms with Crippen molar-refractivity contribution in [1.29, 1.82) is 0 Å². The van der Waals surface area contributed by atoms with Crippen LogP contribution in [0.25, 0.3) is 0 Å². The van der Waals surface area contributed by atoms with Crippen LogP contribution in [0, 0.1) is 11.8 Å². The van der Waals surface area contributed by atoms with Gasteiger partial charge >= 0.3 is 5.97 Å². The van der Waals surface area contributed by atoms with E-state index in [-0.39, 0.29) is 29.2 Å². The molecule has 2 aliphatic rings. The standard InChI is InChI=1S/C23H18BrClN2O5/c24-18-9-8-14(11-19(18)25)26-20(28)12-32-23(31)13-4-3-5-15(10-13)27-21(29)16-6-1-2-7-17(16)22(27)30/h1-5,8-11,16-17H,6-7,12H2,(H,26,28)/t16-,17-/m0/s1. The van der Waals surface area contributed by atoms with Crippen LogP contribution in [0.1, 0.15) is 23.2 Å². The fourth-order valence-electron chi connectivity index (χ4n) is 3.81. The summed E-state index contributed by atoms with van der Waals surface area (Å²) in [6, 6.07) is 11.0. The lowest BCUT2D eigenvalue weighted by atomic mass is 9.85. The number of ether oxygens (including phenoxy) is 1. The first-order chi connectivity index (χ1) is 15.3. The van der Waals surface area contributed by atoms with Gasteiger partial charge in [-0.2, -0.15) is 0 Å². The lowest BCUT2D eigenvalue weighted by molar-refractivity contribution is -0.122. The summed E-state index contributed by atoms with van der Waals surface area (Å²) < 4.78 is 5.78. The number of allylic oxidation sites excluding steroid dienone is 2. The number of benzene rings is 2. The fourth-order valence-corrected chi connectivity index (χ4v) is 4.24. The molecule has 0 spiro atoms. The van der Waals surface area contributed by atoms with E-state index in [9.17, 15) is 19.2 Å². The number of halogens is 2. The summed E-state index contributed by atoms with van der Waals surface area (Å²) in [6.07, 6.45) is 4.89. The second kappa shape index (κ2) is 9.26. The van der Waals surface area contributed by atoms with E-state index in [0.717, 1.165) is 4.90 Å². The minimum atomic E-state index is -0.742. The summed E-state index contributed by atoms with van der Waals surface area (Å²) in [5.41, 5.74) is 0.914. The van der Waals surface area contributed by atoms with Crippen LogP contribution in [0.15, 0.2) is 59.1 Å². The van der Waals surface area contributed by atoms with Crippen molar-refractivity contribution in [2.24, 2.45) is 11.8 Å². The normalized spacial score (nSPS) is 19.6. The highest BCUT2D eigenvalue weighted by Crippen LogP contribution is 2.37. The third-order valence-corrected chi connectivity index (χ3v) is 6.62. The van der Waals surface area contributed by atoms with Gasteiger partial charge < -0.3 is 10.1 Å². The number of anilines is 2. The van der Waals surface area contributed by atoms with Crippen molar-refractivity contribution < 1.29 is 23.9 Å². The minimum Gasteiger partial charge on any atom is -0.452 e. The molecule has 1 aliphatic carbocycles. The van der Waals surface area contributed by atoms with Gasteiger partial charge in [0.2, 0.25) is 11.8 Å². The van der Waals surface area contributed by atoms with Crippen LogP contribution < -0.4 is 10.2 Å². The molecule has 7 nitrogen and oxygen atoms in total. The number of amides is 3. The van der Waals surface area contributed by atoms with E-state index in [2.05, 4.69) is 21.2 Å². The lowest BCUT2D eigenvalue weighted by Crippen LogP contribution is -2.31. The molecule has 32 heavy (non-hydrogen) atoms. The second-order valence-corrected chi connectivity index (χ2v) is 8.73. The van der Waals surface area contributed by atoms with Crippen LogP contribution in [-0.2, 0) is 19.1 Å². The largest absolute Gasteiger partial charge is 0.452 e.